The van der Waals surface area contributed by atoms with Crippen molar-refractivity contribution in [1.29, 1.82) is 0 Å². The molecule has 0 atom stereocenters. The molecule has 30 heavy (non-hydrogen) atoms. The molecule has 0 amide bonds. The van der Waals surface area contributed by atoms with E-state index in [4.69, 9.17) is 14.2 Å². The molecule has 0 aliphatic carbocycles. The van der Waals surface area contributed by atoms with Gasteiger partial charge < -0.3 is 14.2 Å². The minimum absolute atomic E-state index is 0.288. The van der Waals surface area contributed by atoms with Gasteiger partial charge in [0.05, 0.1) is 29.9 Å². The van der Waals surface area contributed by atoms with Gasteiger partial charge in [-0.1, -0.05) is 18.2 Å². The Morgan fingerprint density at radius 3 is 2.67 bits per heavy atom. The molecule has 1 fully saturated rings. The average molecular weight is 450 g/mol. The van der Waals surface area contributed by atoms with Crippen LogP contribution in [0.2, 0.25) is 0 Å². The first-order chi connectivity index (χ1) is 14.6. The Kier molecular flexibility index (Phi) is 7.20. The minimum atomic E-state index is -3.60. The van der Waals surface area contributed by atoms with Crippen LogP contribution in [0.25, 0.3) is 0 Å². The molecule has 2 aliphatic rings. The number of anilines is 1. The molecule has 1 saturated heterocycles. The molecular formula is C22H27NO5S2. The van der Waals surface area contributed by atoms with E-state index in [0.29, 0.717) is 36.1 Å². The smallest absolute Gasteiger partial charge is 0.264 e. The van der Waals surface area contributed by atoms with Crippen LogP contribution in [0.5, 0.6) is 5.75 Å². The van der Waals surface area contributed by atoms with Crippen molar-refractivity contribution in [3.63, 3.8) is 0 Å². The van der Waals surface area contributed by atoms with E-state index >= 15 is 0 Å². The van der Waals surface area contributed by atoms with Crippen LogP contribution in [0.3, 0.4) is 0 Å². The molecule has 0 N–H and O–H groups in total. The monoisotopic (exact) mass is 449 g/mol. The van der Waals surface area contributed by atoms with Gasteiger partial charge in [-0.05, 0) is 37.1 Å². The average Bonchev–Trinajstić information content (AvgIpc) is 2.79. The normalized spacial score (nSPS) is 17.5. The molecule has 2 aromatic rings. The number of hydrogen-bond acceptors (Lipinski definition) is 6. The summed E-state index contributed by atoms with van der Waals surface area (Å²) in [6.45, 7) is 3.17. The standard InChI is InChI=1S/C22H27NO5S2/c24-30(25,20-5-2-1-3-6-20)23-11-16-29-22-8-7-19(17-21(22)23)28-13-4-12-27-18-9-14-26-15-10-18/h1-3,5-8,17-18H,4,9-16H2. The van der Waals surface area contributed by atoms with Crippen LogP contribution >= 0.6 is 11.8 Å². The minimum Gasteiger partial charge on any atom is -0.493 e. The van der Waals surface area contributed by atoms with E-state index in [1.165, 1.54) is 4.31 Å². The molecule has 2 aromatic carbocycles. The van der Waals surface area contributed by atoms with Gasteiger partial charge >= 0.3 is 0 Å². The largest absolute Gasteiger partial charge is 0.493 e. The highest BCUT2D eigenvalue weighted by atomic mass is 32.2. The second-order valence-electron chi connectivity index (χ2n) is 7.25. The molecule has 4 rings (SSSR count). The lowest BCUT2D eigenvalue weighted by atomic mass is 10.1. The van der Waals surface area contributed by atoms with Gasteiger partial charge in [0.1, 0.15) is 5.75 Å². The molecule has 0 aromatic heterocycles. The lowest BCUT2D eigenvalue weighted by Crippen LogP contribution is -2.35. The Bertz CT molecular complexity index is 930. The summed E-state index contributed by atoms with van der Waals surface area (Å²) < 4.78 is 44.9. The molecule has 162 valence electrons. The topological polar surface area (TPSA) is 65.1 Å². The van der Waals surface area contributed by atoms with Crippen molar-refractivity contribution in [3.8, 4) is 5.75 Å². The van der Waals surface area contributed by atoms with Crippen molar-refractivity contribution in [2.24, 2.45) is 0 Å². The number of sulfonamides is 1. The van der Waals surface area contributed by atoms with Gasteiger partial charge in [0.15, 0.2) is 0 Å². The first kappa shape index (κ1) is 21.5. The molecule has 0 bridgehead atoms. The summed E-state index contributed by atoms with van der Waals surface area (Å²) in [5.41, 5.74) is 0.686. The molecule has 8 heteroatoms. The fraction of sp³-hybridized carbons (Fsp3) is 0.455. The highest BCUT2D eigenvalue weighted by molar-refractivity contribution is 8.00. The Labute approximate surface area is 182 Å². The molecule has 0 saturated carbocycles. The number of ether oxygens (including phenoxy) is 3. The molecule has 2 aliphatic heterocycles. The van der Waals surface area contributed by atoms with E-state index < -0.39 is 10.0 Å². The highest BCUT2D eigenvalue weighted by Gasteiger charge is 2.29. The lowest BCUT2D eigenvalue weighted by molar-refractivity contribution is -0.0341. The van der Waals surface area contributed by atoms with Crippen LogP contribution < -0.4 is 9.04 Å². The molecule has 0 unspecified atom stereocenters. The van der Waals surface area contributed by atoms with E-state index in [2.05, 4.69) is 0 Å². The van der Waals surface area contributed by atoms with E-state index in [-0.39, 0.29) is 6.10 Å². The van der Waals surface area contributed by atoms with Crippen molar-refractivity contribution in [2.75, 3.05) is 43.0 Å². The van der Waals surface area contributed by atoms with Gasteiger partial charge in [-0.25, -0.2) is 8.42 Å². The predicted octanol–water partition coefficient (Wildman–Crippen LogP) is 3.95. The first-order valence-electron chi connectivity index (χ1n) is 10.3. The summed E-state index contributed by atoms with van der Waals surface area (Å²) >= 11 is 1.67. The number of hydrogen-bond donors (Lipinski definition) is 0. The predicted molar refractivity (Wildman–Crippen MR) is 118 cm³/mol. The van der Waals surface area contributed by atoms with Crippen molar-refractivity contribution in [2.45, 2.75) is 35.2 Å². The Morgan fingerprint density at radius 2 is 1.87 bits per heavy atom. The SMILES string of the molecule is O=S(=O)(c1ccccc1)N1CCSc2ccc(OCCCOC3CCOCC3)cc21. The zero-order chi connectivity index (χ0) is 20.8. The second kappa shape index (κ2) is 10.0. The van der Waals surface area contributed by atoms with E-state index in [9.17, 15) is 8.42 Å². The van der Waals surface area contributed by atoms with E-state index in [1.54, 1.807) is 36.0 Å². The first-order valence-corrected chi connectivity index (χ1v) is 12.7. The molecule has 6 nitrogen and oxygen atoms in total. The Hall–Kier alpha value is -1.74. The zero-order valence-electron chi connectivity index (χ0n) is 16.9. The number of fused-ring (bicyclic) bond motifs is 1. The van der Waals surface area contributed by atoms with Gasteiger partial charge in [0.2, 0.25) is 0 Å². The number of rotatable bonds is 8. The fourth-order valence-corrected chi connectivity index (χ4v) is 6.22. The maximum Gasteiger partial charge on any atom is 0.264 e. The molecule has 0 spiro atoms. The van der Waals surface area contributed by atoms with Crippen LogP contribution in [0.15, 0.2) is 58.3 Å². The maximum absolute atomic E-state index is 13.2. The van der Waals surface area contributed by atoms with Gasteiger partial charge in [-0.3, -0.25) is 4.31 Å². The number of benzene rings is 2. The Morgan fingerprint density at radius 1 is 1.07 bits per heavy atom. The molecule has 2 heterocycles. The lowest BCUT2D eigenvalue weighted by Gasteiger charge is -2.30. The van der Waals surface area contributed by atoms with Crippen molar-refractivity contribution in [3.05, 3.63) is 48.5 Å². The highest BCUT2D eigenvalue weighted by Crippen LogP contribution is 2.39. The third-order valence-corrected chi connectivity index (χ3v) is 8.03. The molecule has 0 radical (unpaired) electrons. The van der Waals surface area contributed by atoms with Gasteiger partial charge in [-0.2, -0.15) is 0 Å². The quantitative estimate of drug-likeness (QED) is 0.569. The van der Waals surface area contributed by atoms with Crippen molar-refractivity contribution in [1.82, 2.24) is 0 Å². The summed E-state index contributed by atoms with van der Waals surface area (Å²) in [5, 5.41) is 0. The van der Waals surface area contributed by atoms with Gasteiger partial charge in [-0.15, -0.1) is 11.8 Å². The summed E-state index contributed by atoms with van der Waals surface area (Å²) in [7, 11) is -3.60. The number of nitrogens with zero attached hydrogens (tertiary/aromatic N) is 1. The summed E-state index contributed by atoms with van der Waals surface area (Å²) in [5.74, 6) is 1.40. The summed E-state index contributed by atoms with van der Waals surface area (Å²) in [6, 6.07) is 14.3. The summed E-state index contributed by atoms with van der Waals surface area (Å²) in [6.07, 6.45) is 2.98. The van der Waals surface area contributed by atoms with Crippen LogP contribution in [0, 0.1) is 0 Å². The fourth-order valence-electron chi connectivity index (χ4n) is 3.57. The Balaban J connectivity index is 1.38. The summed E-state index contributed by atoms with van der Waals surface area (Å²) in [4.78, 5) is 1.26. The van der Waals surface area contributed by atoms with Crippen molar-refractivity contribution >= 4 is 27.5 Å². The van der Waals surface area contributed by atoms with Crippen LogP contribution in [-0.4, -0.2) is 53.2 Å². The van der Waals surface area contributed by atoms with Crippen molar-refractivity contribution < 1.29 is 22.6 Å². The third kappa shape index (κ3) is 5.11. The third-order valence-electron chi connectivity index (χ3n) is 5.16. The van der Waals surface area contributed by atoms with Gasteiger partial charge in [0.25, 0.3) is 10.0 Å². The maximum atomic E-state index is 13.2. The second-order valence-corrected chi connectivity index (χ2v) is 10.3. The van der Waals surface area contributed by atoms with Crippen LogP contribution in [0.4, 0.5) is 5.69 Å². The van der Waals surface area contributed by atoms with Crippen LogP contribution in [-0.2, 0) is 19.5 Å². The zero-order valence-corrected chi connectivity index (χ0v) is 18.5. The van der Waals surface area contributed by atoms with E-state index in [1.807, 2.05) is 24.3 Å². The van der Waals surface area contributed by atoms with Crippen LogP contribution in [0.1, 0.15) is 19.3 Å². The molecular weight excluding hydrogens is 422 g/mol. The van der Waals surface area contributed by atoms with E-state index in [0.717, 1.165) is 43.1 Å². The number of thioether (sulfide) groups is 1. The van der Waals surface area contributed by atoms with Gasteiger partial charge in [0, 0.05) is 42.9 Å².